The molecule has 31 heavy (non-hydrogen) atoms. The van der Waals surface area contributed by atoms with Crippen molar-refractivity contribution >= 4 is 17.9 Å². The lowest BCUT2D eigenvalue weighted by atomic mass is 10.1. The van der Waals surface area contributed by atoms with E-state index >= 15 is 0 Å². The molecule has 1 saturated heterocycles. The summed E-state index contributed by atoms with van der Waals surface area (Å²) < 4.78 is 10.6. The molecule has 0 amide bonds. The van der Waals surface area contributed by atoms with Gasteiger partial charge in [-0.05, 0) is 37.5 Å². The fourth-order valence-corrected chi connectivity index (χ4v) is 3.44. The van der Waals surface area contributed by atoms with Gasteiger partial charge in [0.15, 0.2) is 0 Å². The van der Waals surface area contributed by atoms with E-state index in [0.717, 1.165) is 48.9 Å². The van der Waals surface area contributed by atoms with E-state index in [-0.39, 0.29) is 19.0 Å². The Morgan fingerprint density at radius 2 is 2.06 bits per heavy atom. The fourth-order valence-electron chi connectivity index (χ4n) is 3.44. The summed E-state index contributed by atoms with van der Waals surface area (Å²) in [7, 11) is 0. The standard InChI is InChI=1S/C24H31N3O4/c1-19-4-2-5-20(14-19)17-25-18-22-16-23(27-8-12-30-13-9-27)15-21(26-22)6-3-11-31-24(29)7-10-28/h2,4-5,14-17,28H,3,6-13,18H2,1H3. The highest BCUT2D eigenvalue weighted by Crippen LogP contribution is 2.20. The quantitative estimate of drug-likeness (QED) is 0.358. The molecule has 2 aromatic rings. The number of hydrogen-bond donors (Lipinski definition) is 1. The number of rotatable bonds is 10. The van der Waals surface area contributed by atoms with Gasteiger partial charge >= 0.3 is 5.97 Å². The summed E-state index contributed by atoms with van der Waals surface area (Å²) in [5.74, 6) is -0.372. The van der Waals surface area contributed by atoms with Gasteiger partial charge in [0.25, 0.3) is 0 Å². The Kier molecular flexibility index (Phi) is 8.99. The Labute approximate surface area is 183 Å². The van der Waals surface area contributed by atoms with Gasteiger partial charge in [-0.25, -0.2) is 0 Å². The second-order valence-corrected chi connectivity index (χ2v) is 7.59. The maximum atomic E-state index is 11.4. The van der Waals surface area contributed by atoms with Gasteiger partial charge in [-0.15, -0.1) is 0 Å². The molecular weight excluding hydrogens is 394 g/mol. The lowest BCUT2D eigenvalue weighted by molar-refractivity contribution is -0.144. The van der Waals surface area contributed by atoms with Gasteiger partial charge < -0.3 is 19.5 Å². The van der Waals surface area contributed by atoms with Gasteiger partial charge in [0.05, 0.1) is 45.1 Å². The Morgan fingerprint density at radius 1 is 1.26 bits per heavy atom. The number of hydrogen-bond acceptors (Lipinski definition) is 7. The van der Waals surface area contributed by atoms with Crippen LogP contribution < -0.4 is 4.90 Å². The van der Waals surface area contributed by atoms with Crippen molar-refractivity contribution in [2.45, 2.75) is 32.7 Å². The van der Waals surface area contributed by atoms with Crippen LogP contribution >= 0.6 is 0 Å². The second kappa shape index (κ2) is 12.2. The molecule has 0 unspecified atom stereocenters. The van der Waals surface area contributed by atoms with Crippen LogP contribution in [0.2, 0.25) is 0 Å². The average molecular weight is 426 g/mol. The largest absolute Gasteiger partial charge is 0.466 e. The normalized spacial score (nSPS) is 14.2. The summed E-state index contributed by atoms with van der Waals surface area (Å²) in [5.41, 5.74) is 5.29. The first kappa shape index (κ1) is 22.9. The Hall–Kier alpha value is -2.77. The van der Waals surface area contributed by atoms with Crippen LogP contribution in [0, 0.1) is 6.92 Å². The third-order valence-corrected chi connectivity index (χ3v) is 4.98. The van der Waals surface area contributed by atoms with Crippen LogP contribution in [-0.2, 0) is 27.2 Å². The molecule has 0 atom stereocenters. The summed E-state index contributed by atoms with van der Waals surface area (Å²) in [5, 5.41) is 8.78. The van der Waals surface area contributed by atoms with Gasteiger partial charge in [-0.3, -0.25) is 14.8 Å². The molecule has 1 aromatic heterocycles. The molecule has 7 heteroatoms. The smallest absolute Gasteiger partial charge is 0.308 e. The zero-order valence-corrected chi connectivity index (χ0v) is 18.1. The third-order valence-electron chi connectivity index (χ3n) is 4.98. The topological polar surface area (TPSA) is 84.2 Å². The number of aromatic nitrogens is 1. The predicted molar refractivity (Wildman–Crippen MR) is 121 cm³/mol. The number of carbonyl (C=O) groups excluding carboxylic acids is 1. The van der Waals surface area contributed by atoms with E-state index in [2.05, 4.69) is 41.1 Å². The number of morpholine rings is 1. The van der Waals surface area contributed by atoms with Crippen LogP contribution in [0.4, 0.5) is 5.69 Å². The SMILES string of the molecule is Cc1cccc(C=NCc2cc(N3CCOCC3)cc(CCCOC(=O)CCO)n2)c1. The van der Waals surface area contributed by atoms with Crippen molar-refractivity contribution in [2.75, 3.05) is 44.4 Å². The van der Waals surface area contributed by atoms with E-state index in [1.165, 1.54) is 5.56 Å². The summed E-state index contributed by atoms with van der Waals surface area (Å²) in [6.45, 7) is 5.86. The highest BCUT2D eigenvalue weighted by molar-refractivity contribution is 5.79. The van der Waals surface area contributed by atoms with Crippen LogP contribution in [0.3, 0.4) is 0 Å². The summed E-state index contributed by atoms with van der Waals surface area (Å²) in [6, 6.07) is 12.4. The second-order valence-electron chi connectivity index (χ2n) is 7.59. The Morgan fingerprint density at radius 3 is 2.84 bits per heavy atom. The van der Waals surface area contributed by atoms with E-state index in [0.29, 0.717) is 26.0 Å². The van der Waals surface area contributed by atoms with Crippen molar-refractivity contribution in [3.8, 4) is 0 Å². The summed E-state index contributed by atoms with van der Waals surface area (Å²) in [6.07, 6.45) is 3.31. The van der Waals surface area contributed by atoms with Crippen molar-refractivity contribution in [1.82, 2.24) is 4.98 Å². The zero-order chi connectivity index (χ0) is 21.9. The fraction of sp³-hybridized carbons (Fsp3) is 0.458. The Bertz CT molecular complexity index is 879. The number of benzene rings is 1. The average Bonchev–Trinajstić information content (AvgIpc) is 2.77. The van der Waals surface area contributed by atoms with Gasteiger partial charge in [0.2, 0.25) is 0 Å². The molecule has 0 aliphatic carbocycles. The molecule has 166 valence electrons. The number of pyridine rings is 1. The molecule has 7 nitrogen and oxygen atoms in total. The minimum atomic E-state index is -0.372. The van der Waals surface area contributed by atoms with Crippen molar-refractivity contribution in [2.24, 2.45) is 4.99 Å². The van der Waals surface area contributed by atoms with Crippen LogP contribution in [0.1, 0.15) is 35.4 Å². The first-order valence-corrected chi connectivity index (χ1v) is 10.8. The lowest BCUT2D eigenvalue weighted by Gasteiger charge is -2.29. The van der Waals surface area contributed by atoms with Crippen molar-refractivity contribution in [3.63, 3.8) is 0 Å². The first-order valence-electron chi connectivity index (χ1n) is 10.8. The van der Waals surface area contributed by atoms with E-state index < -0.39 is 0 Å². The number of aliphatic imine (C=N–C) groups is 1. The van der Waals surface area contributed by atoms with Gasteiger partial charge in [-0.2, -0.15) is 0 Å². The maximum absolute atomic E-state index is 11.4. The van der Waals surface area contributed by atoms with Crippen LogP contribution in [0.25, 0.3) is 0 Å². The number of nitrogens with zero attached hydrogens (tertiary/aromatic N) is 3. The van der Waals surface area contributed by atoms with E-state index in [9.17, 15) is 4.79 Å². The number of aliphatic hydroxyl groups is 1. The molecule has 0 spiro atoms. The van der Waals surface area contributed by atoms with Crippen molar-refractivity contribution in [3.05, 3.63) is 58.9 Å². The zero-order valence-electron chi connectivity index (χ0n) is 18.1. The number of anilines is 1. The summed E-state index contributed by atoms with van der Waals surface area (Å²) in [4.78, 5) is 23.1. The van der Waals surface area contributed by atoms with Crippen LogP contribution in [-0.4, -0.2) is 61.8 Å². The van der Waals surface area contributed by atoms with E-state index in [1.54, 1.807) is 0 Å². The predicted octanol–water partition coefficient (Wildman–Crippen LogP) is 2.70. The first-order chi connectivity index (χ1) is 15.1. The minimum Gasteiger partial charge on any atom is -0.466 e. The molecule has 0 saturated carbocycles. The monoisotopic (exact) mass is 425 g/mol. The Balaban J connectivity index is 1.66. The maximum Gasteiger partial charge on any atom is 0.308 e. The minimum absolute atomic E-state index is 0.0356. The molecule has 3 rings (SSSR count). The molecule has 0 bridgehead atoms. The molecule has 0 radical (unpaired) electrons. The summed E-state index contributed by atoms with van der Waals surface area (Å²) >= 11 is 0. The number of aryl methyl sites for hydroxylation is 2. The van der Waals surface area contributed by atoms with E-state index in [1.807, 2.05) is 18.3 Å². The van der Waals surface area contributed by atoms with Gasteiger partial charge in [0.1, 0.15) is 0 Å². The number of ether oxygens (including phenoxy) is 2. The highest BCUT2D eigenvalue weighted by atomic mass is 16.5. The molecule has 1 aliphatic rings. The number of esters is 1. The molecule has 2 heterocycles. The number of aliphatic hydroxyl groups excluding tert-OH is 1. The highest BCUT2D eigenvalue weighted by Gasteiger charge is 2.14. The van der Waals surface area contributed by atoms with Gasteiger partial charge in [-0.1, -0.05) is 29.8 Å². The van der Waals surface area contributed by atoms with Crippen LogP contribution in [0.15, 0.2) is 41.4 Å². The van der Waals surface area contributed by atoms with Crippen molar-refractivity contribution < 1.29 is 19.4 Å². The molecule has 1 N–H and O–H groups in total. The van der Waals surface area contributed by atoms with E-state index in [4.69, 9.17) is 19.6 Å². The molecule has 1 aliphatic heterocycles. The molecule has 1 fully saturated rings. The third kappa shape index (κ3) is 7.77. The number of carbonyl (C=O) groups is 1. The van der Waals surface area contributed by atoms with Crippen LogP contribution in [0.5, 0.6) is 0 Å². The van der Waals surface area contributed by atoms with Gasteiger partial charge in [0, 0.05) is 30.7 Å². The molecule has 1 aromatic carbocycles. The molecular formula is C24H31N3O4. The lowest BCUT2D eigenvalue weighted by Crippen LogP contribution is -2.36. The van der Waals surface area contributed by atoms with Crippen molar-refractivity contribution in [1.29, 1.82) is 0 Å².